The van der Waals surface area contributed by atoms with Crippen molar-refractivity contribution in [1.29, 1.82) is 0 Å². The molecule has 0 atom stereocenters. The van der Waals surface area contributed by atoms with Gasteiger partial charge in [0.05, 0.1) is 5.56 Å². The van der Waals surface area contributed by atoms with E-state index in [1.165, 1.54) is 6.20 Å². The van der Waals surface area contributed by atoms with Gasteiger partial charge in [0.2, 0.25) is 0 Å². The second kappa shape index (κ2) is 5.59. The molecule has 0 N–H and O–H groups in total. The Kier molecular flexibility index (Phi) is 3.88. The van der Waals surface area contributed by atoms with Crippen LogP contribution in [0, 0.1) is 0 Å². The van der Waals surface area contributed by atoms with Gasteiger partial charge in [-0.2, -0.15) is 0 Å². The maximum Gasteiger partial charge on any atom is 0.340 e. The summed E-state index contributed by atoms with van der Waals surface area (Å²) in [6.45, 7) is 0.274. The summed E-state index contributed by atoms with van der Waals surface area (Å²) in [5.74, 6) is -0.367. The van der Waals surface area contributed by atoms with Crippen LogP contribution in [-0.2, 0) is 11.3 Å². The van der Waals surface area contributed by atoms with Crippen molar-refractivity contribution in [3.8, 4) is 0 Å². The molecule has 0 saturated heterocycles. The van der Waals surface area contributed by atoms with Gasteiger partial charge in [-0.3, -0.25) is 0 Å². The zero-order valence-corrected chi connectivity index (χ0v) is 10.6. The number of benzene rings is 1. The quantitative estimate of drug-likeness (QED) is 0.644. The van der Waals surface area contributed by atoms with E-state index in [0.717, 1.165) is 5.56 Å². The number of carbonyl (C=O) groups is 1. The molecule has 1 heterocycles. The average molecular weight is 292 g/mol. The van der Waals surface area contributed by atoms with E-state index in [2.05, 4.69) is 20.9 Å². The van der Waals surface area contributed by atoms with Gasteiger partial charge in [0, 0.05) is 6.20 Å². The SMILES string of the molecule is O=C(OCc1ccccc1)c1ccc(Br)nc1. The van der Waals surface area contributed by atoms with Gasteiger partial charge in [-0.15, -0.1) is 0 Å². The molecule has 17 heavy (non-hydrogen) atoms. The van der Waals surface area contributed by atoms with Crippen LogP contribution in [0.1, 0.15) is 15.9 Å². The summed E-state index contributed by atoms with van der Waals surface area (Å²) in [6.07, 6.45) is 1.48. The molecule has 3 nitrogen and oxygen atoms in total. The summed E-state index contributed by atoms with van der Waals surface area (Å²) in [5, 5.41) is 0. The van der Waals surface area contributed by atoms with Gasteiger partial charge in [-0.05, 0) is 33.6 Å². The number of hydrogen-bond acceptors (Lipinski definition) is 3. The maximum absolute atomic E-state index is 11.7. The predicted octanol–water partition coefficient (Wildman–Crippen LogP) is 3.20. The third kappa shape index (κ3) is 3.39. The standard InChI is InChI=1S/C13H10BrNO2/c14-12-7-6-11(8-15-12)13(16)17-9-10-4-2-1-3-5-10/h1-8H,9H2. The predicted molar refractivity (Wildman–Crippen MR) is 67.5 cm³/mol. The number of halogens is 1. The molecular weight excluding hydrogens is 282 g/mol. The molecule has 0 aliphatic rings. The van der Waals surface area contributed by atoms with Crippen molar-refractivity contribution in [2.75, 3.05) is 0 Å². The summed E-state index contributed by atoms with van der Waals surface area (Å²) in [5.41, 5.74) is 1.41. The lowest BCUT2D eigenvalue weighted by Gasteiger charge is -2.04. The molecule has 1 aromatic carbocycles. The fourth-order valence-corrected chi connectivity index (χ4v) is 1.54. The number of rotatable bonds is 3. The van der Waals surface area contributed by atoms with E-state index in [1.807, 2.05) is 30.3 Å². The Labute approximate surface area is 108 Å². The van der Waals surface area contributed by atoms with Crippen LogP contribution >= 0.6 is 15.9 Å². The first-order valence-electron chi connectivity index (χ1n) is 5.08. The number of ether oxygens (including phenoxy) is 1. The lowest BCUT2D eigenvalue weighted by Crippen LogP contribution is -2.05. The molecule has 0 amide bonds. The minimum absolute atomic E-state index is 0.274. The summed E-state index contributed by atoms with van der Waals surface area (Å²) in [7, 11) is 0. The molecule has 2 rings (SSSR count). The van der Waals surface area contributed by atoms with Gasteiger partial charge >= 0.3 is 5.97 Å². The molecule has 0 radical (unpaired) electrons. The Morgan fingerprint density at radius 2 is 1.94 bits per heavy atom. The van der Waals surface area contributed by atoms with E-state index in [9.17, 15) is 4.79 Å². The van der Waals surface area contributed by atoms with Crippen LogP contribution in [-0.4, -0.2) is 11.0 Å². The summed E-state index contributed by atoms with van der Waals surface area (Å²) < 4.78 is 5.85. The van der Waals surface area contributed by atoms with Crippen LogP contribution in [0.4, 0.5) is 0 Å². The second-order valence-corrected chi connectivity index (χ2v) is 4.24. The van der Waals surface area contributed by atoms with Crippen LogP contribution < -0.4 is 0 Å². The van der Waals surface area contributed by atoms with Gasteiger partial charge in [-0.1, -0.05) is 30.3 Å². The van der Waals surface area contributed by atoms with Crippen molar-refractivity contribution in [2.45, 2.75) is 6.61 Å². The van der Waals surface area contributed by atoms with Gasteiger partial charge < -0.3 is 4.74 Å². The van der Waals surface area contributed by atoms with Crippen LogP contribution in [0.2, 0.25) is 0 Å². The minimum Gasteiger partial charge on any atom is -0.457 e. The van der Waals surface area contributed by atoms with Crippen molar-refractivity contribution in [3.05, 3.63) is 64.4 Å². The molecule has 0 unspecified atom stereocenters. The van der Waals surface area contributed by atoms with Gasteiger partial charge in [-0.25, -0.2) is 9.78 Å². The Balaban J connectivity index is 1.96. The molecule has 0 aliphatic heterocycles. The van der Waals surface area contributed by atoms with Crippen molar-refractivity contribution in [1.82, 2.24) is 4.98 Å². The van der Waals surface area contributed by atoms with Crippen LogP contribution in [0.5, 0.6) is 0 Å². The third-order valence-electron chi connectivity index (χ3n) is 2.18. The van der Waals surface area contributed by atoms with Crippen LogP contribution in [0.25, 0.3) is 0 Å². The summed E-state index contributed by atoms with van der Waals surface area (Å²) >= 11 is 3.21. The molecule has 0 spiro atoms. The van der Waals surface area contributed by atoms with Gasteiger partial charge in [0.25, 0.3) is 0 Å². The first-order chi connectivity index (χ1) is 8.25. The second-order valence-electron chi connectivity index (χ2n) is 3.43. The molecule has 0 fully saturated rings. The van der Waals surface area contributed by atoms with E-state index in [4.69, 9.17) is 4.74 Å². The number of nitrogens with zero attached hydrogens (tertiary/aromatic N) is 1. The molecule has 0 aliphatic carbocycles. The molecule has 0 saturated carbocycles. The zero-order chi connectivity index (χ0) is 12.1. The smallest absolute Gasteiger partial charge is 0.340 e. The summed E-state index contributed by atoms with van der Waals surface area (Å²) in [4.78, 5) is 15.6. The highest BCUT2D eigenvalue weighted by Crippen LogP contribution is 2.09. The Hall–Kier alpha value is -1.68. The highest BCUT2D eigenvalue weighted by molar-refractivity contribution is 9.10. The van der Waals surface area contributed by atoms with Gasteiger partial charge in [0.1, 0.15) is 11.2 Å². The maximum atomic E-state index is 11.7. The molecule has 2 aromatic rings. The van der Waals surface area contributed by atoms with E-state index in [1.54, 1.807) is 12.1 Å². The highest BCUT2D eigenvalue weighted by atomic mass is 79.9. The zero-order valence-electron chi connectivity index (χ0n) is 8.97. The Bertz CT molecular complexity index is 497. The Morgan fingerprint density at radius 3 is 2.59 bits per heavy atom. The summed E-state index contributed by atoms with van der Waals surface area (Å²) in [6, 6.07) is 12.9. The Morgan fingerprint density at radius 1 is 1.18 bits per heavy atom. The number of pyridine rings is 1. The van der Waals surface area contributed by atoms with Gasteiger partial charge in [0.15, 0.2) is 0 Å². The fraction of sp³-hybridized carbons (Fsp3) is 0.0769. The molecule has 1 aromatic heterocycles. The lowest BCUT2D eigenvalue weighted by molar-refractivity contribution is 0.0472. The van der Waals surface area contributed by atoms with E-state index in [0.29, 0.717) is 10.2 Å². The highest BCUT2D eigenvalue weighted by Gasteiger charge is 2.07. The number of aromatic nitrogens is 1. The van der Waals surface area contributed by atoms with Crippen molar-refractivity contribution in [2.24, 2.45) is 0 Å². The minimum atomic E-state index is -0.367. The van der Waals surface area contributed by atoms with Crippen molar-refractivity contribution >= 4 is 21.9 Å². The largest absolute Gasteiger partial charge is 0.457 e. The first kappa shape index (κ1) is 11.8. The third-order valence-corrected chi connectivity index (χ3v) is 2.64. The lowest BCUT2D eigenvalue weighted by atomic mass is 10.2. The number of hydrogen-bond donors (Lipinski definition) is 0. The molecule has 86 valence electrons. The molecule has 4 heteroatoms. The van der Waals surface area contributed by atoms with Crippen LogP contribution in [0.15, 0.2) is 53.3 Å². The monoisotopic (exact) mass is 291 g/mol. The topological polar surface area (TPSA) is 39.2 Å². The number of carbonyl (C=O) groups excluding carboxylic acids is 1. The molecular formula is C13H10BrNO2. The van der Waals surface area contributed by atoms with Crippen molar-refractivity contribution < 1.29 is 9.53 Å². The first-order valence-corrected chi connectivity index (χ1v) is 5.87. The number of esters is 1. The average Bonchev–Trinajstić information content (AvgIpc) is 2.38. The van der Waals surface area contributed by atoms with Crippen molar-refractivity contribution in [3.63, 3.8) is 0 Å². The normalized spacial score (nSPS) is 9.94. The molecule has 0 bridgehead atoms. The van der Waals surface area contributed by atoms with E-state index < -0.39 is 0 Å². The van der Waals surface area contributed by atoms with E-state index >= 15 is 0 Å². The van der Waals surface area contributed by atoms with Crippen LogP contribution in [0.3, 0.4) is 0 Å². The fourth-order valence-electron chi connectivity index (χ4n) is 1.30. The van der Waals surface area contributed by atoms with E-state index in [-0.39, 0.29) is 12.6 Å².